The Bertz CT molecular complexity index is 423. The minimum Gasteiger partial charge on any atom is -0.368 e. The van der Waals surface area contributed by atoms with Gasteiger partial charge < -0.3 is 5.32 Å². The summed E-state index contributed by atoms with van der Waals surface area (Å²) in [4.78, 5) is 4.13. The molecule has 4 heteroatoms. The number of anilines is 1. The van der Waals surface area contributed by atoms with Crippen molar-refractivity contribution in [2.45, 2.75) is 32.2 Å². The van der Waals surface area contributed by atoms with Crippen LogP contribution >= 0.6 is 11.6 Å². The molecule has 0 amide bonds. The third-order valence-electron chi connectivity index (χ3n) is 2.39. The first-order valence-electron chi connectivity index (χ1n) is 5.61. The SMILES string of the molecule is C=CCCCC(C)Nc1ccc(Cl)c(C#N)n1. The van der Waals surface area contributed by atoms with Crippen LogP contribution in [0.4, 0.5) is 5.82 Å². The van der Waals surface area contributed by atoms with E-state index in [4.69, 9.17) is 16.9 Å². The number of hydrogen-bond acceptors (Lipinski definition) is 3. The van der Waals surface area contributed by atoms with E-state index in [9.17, 15) is 0 Å². The lowest BCUT2D eigenvalue weighted by Gasteiger charge is -2.14. The van der Waals surface area contributed by atoms with Gasteiger partial charge in [-0.15, -0.1) is 6.58 Å². The summed E-state index contributed by atoms with van der Waals surface area (Å²) in [5.74, 6) is 0.692. The van der Waals surface area contributed by atoms with Crippen molar-refractivity contribution in [1.82, 2.24) is 4.98 Å². The number of rotatable bonds is 6. The Labute approximate surface area is 107 Å². The Morgan fingerprint density at radius 1 is 1.65 bits per heavy atom. The van der Waals surface area contributed by atoms with E-state index in [1.807, 2.05) is 12.1 Å². The molecule has 90 valence electrons. The van der Waals surface area contributed by atoms with Gasteiger partial charge in [0.05, 0.1) is 5.02 Å². The Morgan fingerprint density at radius 3 is 3.06 bits per heavy atom. The molecule has 0 saturated carbocycles. The Kier molecular flexibility index (Phi) is 5.51. The molecule has 1 unspecified atom stereocenters. The molecule has 0 fully saturated rings. The number of halogens is 1. The van der Waals surface area contributed by atoms with Gasteiger partial charge >= 0.3 is 0 Å². The Hall–Kier alpha value is -1.53. The number of nitrogens with zero attached hydrogens (tertiary/aromatic N) is 2. The summed E-state index contributed by atoms with van der Waals surface area (Å²) >= 11 is 5.81. The van der Waals surface area contributed by atoms with Crippen LogP contribution in [-0.2, 0) is 0 Å². The van der Waals surface area contributed by atoms with E-state index in [0.29, 0.717) is 16.9 Å². The number of allylic oxidation sites excluding steroid dienone is 1. The molecule has 1 atom stereocenters. The highest BCUT2D eigenvalue weighted by Gasteiger charge is 2.05. The molecule has 0 aromatic carbocycles. The number of nitriles is 1. The van der Waals surface area contributed by atoms with Crippen LogP contribution in [0.25, 0.3) is 0 Å². The van der Waals surface area contributed by atoms with Gasteiger partial charge in [-0.2, -0.15) is 5.26 Å². The van der Waals surface area contributed by atoms with E-state index < -0.39 is 0 Å². The van der Waals surface area contributed by atoms with Crippen LogP contribution in [0.15, 0.2) is 24.8 Å². The van der Waals surface area contributed by atoms with Crippen LogP contribution in [0.5, 0.6) is 0 Å². The van der Waals surface area contributed by atoms with Crippen LogP contribution in [0.1, 0.15) is 31.9 Å². The Morgan fingerprint density at radius 2 is 2.41 bits per heavy atom. The normalized spacial score (nSPS) is 11.6. The summed E-state index contributed by atoms with van der Waals surface area (Å²) in [5.41, 5.74) is 0.259. The van der Waals surface area contributed by atoms with Gasteiger partial charge in [0.15, 0.2) is 5.69 Å². The molecular weight excluding hydrogens is 234 g/mol. The molecule has 3 nitrogen and oxygen atoms in total. The van der Waals surface area contributed by atoms with Gasteiger partial charge in [-0.1, -0.05) is 17.7 Å². The van der Waals surface area contributed by atoms with Crippen molar-refractivity contribution in [2.24, 2.45) is 0 Å². The summed E-state index contributed by atoms with van der Waals surface area (Å²) in [7, 11) is 0. The topological polar surface area (TPSA) is 48.7 Å². The van der Waals surface area contributed by atoms with E-state index in [0.717, 1.165) is 19.3 Å². The maximum Gasteiger partial charge on any atom is 0.161 e. The second-order valence-corrected chi connectivity index (χ2v) is 4.31. The minimum absolute atomic E-state index is 0.259. The maximum absolute atomic E-state index is 8.81. The van der Waals surface area contributed by atoms with Gasteiger partial charge in [-0.05, 0) is 38.3 Å². The summed E-state index contributed by atoms with van der Waals surface area (Å²) in [6.07, 6.45) is 5.07. The minimum atomic E-state index is 0.259. The molecule has 0 aliphatic rings. The van der Waals surface area contributed by atoms with E-state index in [-0.39, 0.29) is 5.69 Å². The number of unbranched alkanes of at least 4 members (excludes halogenated alkanes) is 1. The highest BCUT2D eigenvalue weighted by Crippen LogP contribution is 2.17. The molecule has 0 aliphatic carbocycles. The van der Waals surface area contributed by atoms with Crippen LogP contribution < -0.4 is 5.32 Å². The third-order valence-corrected chi connectivity index (χ3v) is 2.70. The van der Waals surface area contributed by atoms with Gasteiger partial charge in [-0.25, -0.2) is 4.98 Å². The van der Waals surface area contributed by atoms with Crippen LogP contribution in [-0.4, -0.2) is 11.0 Å². The second-order valence-electron chi connectivity index (χ2n) is 3.90. The van der Waals surface area contributed by atoms with E-state index >= 15 is 0 Å². The van der Waals surface area contributed by atoms with Gasteiger partial charge in [0.1, 0.15) is 11.9 Å². The zero-order valence-electron chi connectivity index (χ0n) is 9.91. The standard InChI is InChI=1S/C13H16ClN3/c1-3-4-5-6-10(2)16-13-8-7-11(14)12(9-15)17-13/h3,7-8,10H,1,4-6H2,2H3,(H,16,17). The zero-order valence-corrected chi connectivity index (χ0v) is 10.7. The van der Waals surface area contributed by atoms with Crippen LogP contribution in [0, 0.1) is 11.3 Å². The number of aromatic nitrogens is 1. The highest BCUT2D eigenvalue weighted by molar-refractivity contribution is 6.31. The fraction of sp³-hybridized carbons (Fsp3) is 0.385. The van der Waals surface area contributed by atoms with Crippen molar-refractivity contribution in [3.8, 4) is 6.07 Å². The van der Waals surface area contributed by atoms with Crippen molar-refractivity contribution in [3.05, 3.63) is 35.5 Å². The molecule has 0 aliphatic heterocycles. The van der Waals surface area contributed by atoms with Crippen molar-refractivity contribution < 1.29 is 0 Å². The summed E-state index contributed by atoms with van der Waals surface area (Å²) in [6, 6.07) is 5.75. The van der Waals surface area contributed by atoms with Gasteiger partial charge in [0, 0.05) is 6.04 Å². The number of nitrogens with one attached hydrogen (secondary N) is 1. The van der Waals surface area contributed by atoms with Gasteiger partial charge in [-0.3, -0.25) is 0 Å². The lowest BCUT2D eigenvalue weighted by atomic mass is 10.1. The van der Waals surface area contributed by atoms with Crippen molar-refractivity contribution in [3.63, 3.8) is 0 Å². The van der Waals surface area contributed by atoms with Crippen LogP contribution in [0.2, 0.25) is 5.02 Å². The lowest BCUT2D eigenvalue weighted by Crippen LogP contribution is -2.16. The predicted octanol–water partition coefficient (Wildman–Crippen LogP) is 3.76. The second kappa shape index (κ2) is 6.93. The molecule has 0 bridgehead atoms. The zero-order chi connectivity index (χ0) is 12.7. The lowest BCUT2D eigenvalue weighted by molar-refractivity contribution is 0.661. The first kappa shape index (κ1) is 13.5. The fourth-order valence-corrected chi connectivity index (χ4v) is 1.64. The van der Waals surface area contributed by atoms with E-state index in [2.05, 4.69) is 23.8 Å². The van der Waals surface area contributed by atoms with Gasteiger partial charge in [0.2, 0.25) is 0 Å². The van der Waals surface area contributed by atoms with Crippen molar-refractivity contribution >= 4 is 17.4 Å². The monoisotopic (exact) mass is 249 g/mol. The van der Waals surface area contributed by atoms with Crippen LogP contribution in [0.3, 0.4) is 0 Å². The largest absolute Gasteiger partial charge is 0.368 e. The van der Waals surface area contributed by atoms with E-state index in [1.54, 1.807) is 12.1 Å². The average molecular weight is 250 g/mol. The molecule has 1 aromatic heterocycles. The van der Waals surface area contributed by atoms with E-state index in [1.165, 1.54) is 0 Å². The molecular formula is C13H16ClN3. The first-order chi connectivity index (χ1) is 8.17. The summed E-state index contributed by atoms with van der Waals surface area (Å²) < 4.78 is 0. The average Bonchev–Trinajstić information content (AvgIpc) is 2.32. The quantitative estimate of drug-likeness (QED) is 0.617. The van der Waals surface area contributed by atoms with Gasteiger partial charge in [0.25, 0.3) is 0 Å². The molecule has 1 heterocycles. The fourth-order valence-electron chi connectivity index (χ4n) is 1.49. The number of pyridine rings is 1. The maximum atomic E-state index is 8.81. The first-order valence-corrected chi connectivity index (χ1v) is 5.99. The third kappa shape index (κ3) is 4.46. The molecule has 17 heavy (non-hydrogen) atoms. The van der Waals surface area contributed by atoms with Crippen molar-refractivity contribution in [1.29, 1.82) is 5.26 Å². The molecule has 1 N–H and O–H groups in total. The Balaban J connectivity index is 2.56. The summed E-state index contributed by atoms with van der Waals surface area (Å²) in [6.45, 7) is 5.78. The number of hydrogen-bond donors (Lipinski definition) is 1. The predicted molar refractivity (Wildman–Crippen MR) is 71.1 cm³/mol. The molecule has 0 saturated heterocycles. The highest BCUT2D eigenvalue weighted by atomic mass is 35.5. The smallest absolute Gasteiger partial charge is 0.161 e. The summed E-state index contributed by atoms with van der Waals surface area (Å²) in [5, 5.41) is 12.4. The molecule has 1 aromatic rings. The molecule has 1 rings (SSSR count). The molecule has 0 spiro atoms. The molecule has 0 radical (unpaired) electrons. The van der Waals surface area contributed by atoms with Crippen molar-refractivity contribution in [2.75, 3.05) is 5.32 Å².